The molecule has 1 N–H and O–H groups in total. The molecule has 3 rings (SSSR count). The number of ether oxygens (including phenoxy) is 3. The van der Waals surface area contributed by atoms with Gasteiger partial charge in [-0.15, -0.1) is 0 Å². The van der Waals surface area contributed by atoms with Gasteiger partial charge < -0.3 is 19.5 Å². The molecule has 0 aliphatic heterocycles. The number of amides is 1. The maximum atomic E-state index is 12.4. The fourth-order valence-electron chi connectivity index (χ4n) is 3.23. The van der Waals surface area contributed by atoms with Gasteiger partial charge in [0.25, 0.3) is 5.91 Å². The van der Waals surface area contributed by atoms with Crippen molar-refractivity contribution in [1.82, 2.24) is 5.32 Å². The van der Waals surface area contributed by atoms with Crippen molar-refractivity contribution >= 4 is 33.9 Å². The summed E-state index contributed by atoms with van der Waals surface area (Å²) < 4.78 is 17.1. The molecule has 184 valence electrons. The first-order valence-corrected chi connectivity index (χ1v) is 11.9. The summed E-state index contributed by atoms with van der Waals surface area (Å²) in [5.41, 5.74) is 2.57. The van der Waals surface area contributed by atoms with Gasteiger partial charge >= 0.3 is 5.97 Å². The van der Waals surface area contributed by atoms with Crippen molar-refractivity contribution in [3.8, 4) is 34.4 Å². The fraction of sp³-hybridized carbons (Fsp3) is 0.179. The molecular formula is C28H25BrN2O5. The second-order valence-electron chi connectivity index (χ2n) is 7.98. The van der Waals surface area contributed by atoms with Gasteiger partial charge in [-0.1, -0.05) is 42.5 Å². The summed E-state index contributed by atoms with van der Waals surface area (Å²) in [6.07, 6.45) is 1.44. The SMILES string of the molecule is COc1cc(/C=C(\C#N)C(=O)NC(C)C)ccc1OC(=O)COc1ccc(-c2ccccc2)cc1Br. The third-order valence-electron chi connectivity index (χ3n) is 4.89. The maximum absolute atomic E-state index is 12.4. The Balaban J connectivity index is 1.66. The first-order chi connectivity index (χ1) is 17.3. The van der Waals surface area contributed by atoms with Crippen LogP contribution in [0.15, 0.2) is 76.8 Å². The number of carbonyl (C=O) groups is 2. The Morgan fingerprint density at radius 2 is 1.72 bits per heavy atom. The van der Waals surface area contributed by atoms with Crippen LogP contribution in [0.2, 0.25) is 0 Å². The molecule has 0 atom stereocenters. The molecule has 0 aliphatic rings. The molecule has 1 amide bonds. The molecule has 0 aromatic heterocycles. The average Bonchev–Trinajstić information content (AvgIpc) is 2.87. The van der Waals surface area contributed by atoms with Crippen LogP contribution in [0.4, 0.5) is 0 Å². The number of halogens is 1. The van der Waals surface area contributed by atoms with Gasteiger partial charge in [0.05, 0.1) is 11.6 Å². The highest BCUT2D eigenvalue weighted by atomic mass is 79.9. The van der Waals surface area contributed by atoms with Gasteiger partial charge in [0.15, 0.2) is 18.1 Å². The highest BCUT2D eigenvalue weighted by Gasteiger charge is 2.15. The number of esters is 1. The topological polar surface area (TPSA) is 97.6 Å². The second-order valence-corrected chi connectivity index (χ2v) is 8.84. The number of rotatable bonds is 9. The molecule has 8 heteroatoms. The third kappa shape index (κ3) is 7.20. The number of methoxy groups -OCH3 is 1. The van der Waals surface area contributed by atoms with E-state index in [1.807, 2.05) is 48.5 Å². The summed E-state index contributed by atoms with van der Waals surface area (Å²) in [7, 11) is 1.43. The number of benzene rings is 3. The Labute approximate surface area is 218 Å². The molecule has 0 bridgehead atoms. The quantitative estimate of drug-likeness (QED) is 0.163. The minimum Gasteiger partial charge on any atom is -0.493 e. The standard InChI is InChI=1S/C28H25BrN2O5/c1-18(2)31-28(33)22(16-30)13-19-9-11-25(26(14-19)34-3)36-27(32)17-35-24-12-10-21(15-23(24)29)20-7-5-4-6-8-20/h4-15,18H,17H2,1-3H3,(H,31,33)/b22-13+. The van der Waals surface area contributed by atoms with Crippen LogP contribution in [0.1, 0.15) is 19.4 Å². The van der Waals surface area contributed by atoms with Crippen molar-refractivity contribution in [3.05, 3.63) is 82.3 Å². The second kappa shape index (κ2) is 12.6. The number of nitrogens with one attached hydrogen (secondary N) is 1. The predicted octanol–water partition coefficient (Wildman–Crippen LogP) is 5.54. The Morgan fingerprint density at radius 3 is 2.36 bits per heavy atom. The van der Waals surface area contributed by atoms with E-state index in [2.05, 4.69) is 21.2 Å². The number of hydrogen-bond donors (Lipinski definition) is 1. The average molecular weight is 549 g/mol. The number of carbonyl (C=O) groups excluding carboxylic acids is 2. The molecule has 0 saturated carbocycles. The molecule has 7 nitrogen and oxygen atoms in total. The molecular weight excluding hydrogens is 524 g/mol. The van der Waals surface area contributed by atoms with Crippen LogP contribution in [0.5, 0.6) is 17.2 Å². The molecule has 0 aliphatic carbocycles. The van der Waals surface area contributed by atoms with Gasteiger partial charge in [-0.05, 0) is 76.8 Å². The van der Waals surface area contributed by atoms with Crippen molar-refractivity contribution in [2.75, 3.05) is 13.7 Å². The maximum Gasteiger partial charge on any atom is 0.349 e. The van der Waals surface area contributed by atoms with Crippen LogP contribution >= 0.6 is 15.9 Å². The van der Waals surface area contributed by atoms with Crippen LogP contribution in [0.3, 0.4) is 0 Å². The smallest absolute Gasteiger partial charge is 0.349 e. The minimum absolute atomic E-state index is 0.0484. The highest BCUT2D eigenvalue weighted by molar-refractivity contribution is 9.10. The largest absolute Gasteiger partial charge is 0.493 e. The van der Waals surface area contributed by atoms with Crippen LogP contribution in [-0.2, 0) is 9.59 Å². The van der Waals surface area contributed by atoms with Crippen molar-refractivity contribution < 1.29 is 23.8 Å². The Morgan fingerprint density at radius 1 is 1.00 bits per heavy atom. The highest BCUT2D eigenvalue weighted by Crippen LogP contribution is 2.32. The monoisotopic (exact) mass is 548 g/mol. The summed E-state index contributed by atoms with van der Waals surface area (Å²) in [5, 5.41) is 12.0. The van der Waals surface area contributed by atoms with Gasteiger partial charge in [0, 0.05) is 6.04 Å². The predicted molar refractivity (Wildman–Crippen MR) is 141 cm³/mol. The van der Waals surface area contributed by atoms with E-state index in [0.29, 0.717) is 15.8 Å². The Hall–Kier alpha value is -4.09. The zero-order chi connectivity index (χ0) is 26.1. The van der Waals surface area contributed by atoms with Gasteiger partial charge in [0.2, 0.25) is 0 Å². The zero-order valence-electron chi connectivity index (χ0n) is 20.1. The van der Waals surface area contributed by atoms with E-state index in [0.717, 1.165) is 11.1 Å². The lowest BCUT2D eigenvalue weighted by Gasteiger charge is -2.12. The lowest BCUT2D eigenvalue weighted by atomic mass is 10.1. The van der Waals surface area contributed by atoms with Crippen molar-refractivity contribution in [2.24, 2.45) is 0 Å². The molecule has 3 aromatic rings. The first kappa shape index (κ1) is 26.5. The fourth-order valence-corrected chi connectivity index (χ4v) is 3.72. The van der Waals surface area contributed by atoms with E-state index >= 15 is 0 Å². The van der Waals surface area contributed by atoms with Crippen LogP contribution in [0, 0.1) is 11.3 Å². The molecule has 0 fully saturated rings. The van der Waals surface area contributed by atoms with Gasteiger partial charge in [0.1, 0.15) is 17.4 Å². The molecule has 3 aromatic carbocycles. The summed E-state index contributed by atoms with van der Waals surface area (Å²) >= 11 is 3.49. The molecule has 0 heterocycles. The summed E-state index contributed by atoms with van der Waals surface area (Å²) in [4.78, 5) is 24.6. The Kier molecular flexibility index (Phi) is 9.25. The van der Waals surface area contributed by atoms with Crippen LogP contribution < -0.4 is 19.5 Å². The van der Waals surface area contributed by atoms with Crippen LogP contribution in [-0.4, -0.2) is 31.6 Å². The van der Waals surface area contributed by atoms with E-state index in [-0.39, 0.29) is 29.7 Å². The van der Waals surface area contributed by atoms with Gasteiger partial charge in [-0.2, -0.15) is 5.26 Å². The minimum atomic E-state index is -0.621. The van der Waals surface area contributed by atoms with E-state index < -0.39 is 11.9 Å². The number of hydrogen-bond acceptors (Lipinski definition) is 6. The first-order valence-electron chi connectivity index (χ1n) is 11.1. The summed E-state index contributed by atoms with van der Waals surface area (Å²) in [6, 6.07) is 22.0. The lowest BCUT2D eigenvalue weighted by Crippen LogP contribution is -2.30. The number of nitriles is 1. The molecule has 36 heavy (non-hydrogen) atoms. The van der Waals surface area contributed by atoms with E-state index in [9.17, 15) is 14.9 Å². The Bertz CT molecular complexity index is 1310. The van der Waals surface area contributed by atoms with Gasteiger partial charge in [-0.3, -0.25) is 4.79 Å². The van der Waals surface area contributed by atoms with Crippen molar-refractivity contribution in [3.63, 3.8) is 0 Å². The zero-order valence-corrected chi connectivity index (χ0v) is 21.7. The molecule has 0 spiro atoms. The lowest BCUT2D eigenvalue weighted by molar-refractivity contribution is -0.136. The van der Waals surface area contributed by atoms with E-state index in [1.165, 1.54) is 19.3 Å². The molecule has 0 saturated heterocycles. The normalized spacial score (nSPS) is 10.9. The molecule has 0 unspecified atom stereocenters. The third-order valence-corrected chi connectivity index (χ3v) is 5.51. The van der Waals surface area contributed by atoms with E-state index in [1.54, 1.807) is 32.0 Å². The van der Waals surface area contributed by atoms with Crippen molar-refractivity contribution in [1.29, 1.82) is 5.26 Å². The number of nitrogens with zero attached hydrogens (tertiary/aromatic N) is 1. The molecule has 0 radical (unpaired) electrons. The van der Waals surface area contributed by atoms with Gasteiger partial charge in [-0.25, -0.2) is 4.79 Å². The summed E-state index contributed by atoms with van der Waals surface area (Å²) in [5.74, 6) is -0.131. The van der Waals surface area contributed by atoms with E-state index in [4.69, 9.17) is 14.2 Å². The van der Waals surface area contributed by atoms with Crippen LogP contribution in [0.25, 0.3) is 17.2 Å². The van der Waals surface area contributed by atoms with Crippen molar-refractivity contribution in [2.45, 2.75) is 19.9 Å². The summed E-state index contributed by atoms with van der Waals surface area (Å²) in [6.45, 7) is 3.30.